The van der Waals surface area contributed by atoms with E-state index >= 15 is 0 Å². The Morgan fingerprint density at radius 1 is 1.28 bits per heavy atom. The molecule has 3 aromatic rings. The second-order valence-electron chi connectivity index (χ2n) is 7.55. The van der Waals surface area contributed by atoms with Crippen molar-refractivity contribution in [1.29, 1.82) is 0 Å². The third-order valence-electron chi connectivity index (χ3n) is 5.19. The third kappa shape index (κ3) is 4.28. The summed E-state index contributed by atoms with van der Waals surface area (Å²) in [6, 6.07) is 11.4. The van der Waals surface area contributed by atoms with Gasteiger partial charge in [0, 0.05) is 36.4 Å². The predicted molar refractivity (Wildman–Crippen MR) is 112 cm³/mol. The van der Waals surface area contributed by atoms with Crippen LogP contribution in [0.25, 0.3) is 22.2 Å². The number of primary sulfonamides is 1. The predicted octanol–water partition coefficient (Wildman–Crippen LogP) is 2.36. The zero-order chi connectivity index (χ0) is 20.6. The van der Waals surface area contributed by atoms with Gasteiger partial charge < -0.3 is 4.90 Å². The van der Waals surface area contributed by atoms with Crippen molar-refractivity contribution in [3.8, 4) is 11.3 Å². The van der Waals surface area contributed by atoms with E-state index in [-0.39, 0.29) is 17.6 Å². The van der Waals surface area contributed by atoms with Gasteiger partial charge in [-0.2, -0.15) is 0 Å². The maximum Gasteiger partial charge on any atom is 0.254 e. The lowest BCUT2D eigenvalue weighted by atomic mass is 10.0. The molecule has 4 rings (SSSR count). The fraction of sp³-hybridized carbons (Fsp3) is 0.286. The van der Waals surface area contributed by atoms with Gasteiger partial charge in [0.1, 0.15) is 0 Å². The summed E-state index contributed by atoms with van der Waals surface area (Å²) in [5, 5.41) is 5.97. The molecule has 2 aromatic heterocycles. The summed E-state index contributed by atoms with van der Waals surface area (Å²) in [5.74, 6) is -0.361. The van der Waals surface area contributed by atoms with E-state index in [9.17, 15) is 13.2 Å². The average Bonchev–Trinajstić information content (AvgIpc) is 3.14. The molecule has 8 heteroatoms. The summed E-state index contributed by atoms with van der Waals surface area (Å²) in [6.45, 7) is 2.87. The van der Waals surface area contributed by atoms with Crippen LogP contribution >= 0.6 is 0 Å². The minimum atomic E-state index is -3.56. The molecule has 1 aromatic carbocycles. The van der Waals surface area contributed by atoms with Gasteiger partial charge in [-0.15, -0.1) is 0 Å². The van der Waals surface area contributed by atoms with Crippen molar-refractivity contribution in [2.75, 3.05) is 18.8 Å². The Balaban J connectivity index is 1.74. The molecule has 0 unspecified atom stereocenters. The van der Waals surface area contributed by atoms with Gasteiger partial charge in [0.15, 0.2) is 0 Å². The summed E-state index contributed by atoms with van der Waals surface area (Å²) in [5.41, 5.74) is 3.85. The van der Waals surface area contributed by atoms with E-state index in [0.717, 1.165) is 22.0 Å². The normalized spacial score (nSPS) is 17.0. The van der Waals surface area contributed by atoms with Crippen molar-refractivity contribution in [2.24, 2.45) is 11.1 Å². The number of sulfonamides is 1. The fourth-order valence-electron chi connectivity index (χ4n) is 3.83. The lowest BCUT2D eigenvalue weighted by Gasteiger charge is -2.18. The molecule has 1 atom stereocenters. The smallest absolute Gasteiger partial charge is 0.254 e. The number of likely N-dealkylation sites (tertiary alicyclic amines) is 1. The number of pyridine rings is 2. The van der Waals surface area contributed by atoms with E-state index in [0.29, 0.717) is 30.8 Å². The number of nitrogens with two attached hydrogens (primary N) is 1. The molecular formula is C21H22N4O3S. The van der Waals surface area contributed by atoms with Crippen LogP contribution in [-0.2, 0) is 10.0 Å². The van der Waals surface area contributed by atoms with Crippen molar-refractivity contribution in [2.45, 2.75) is 13.3 Å². The summed E-state index contributed by atoms with van der Waals surface area (Å²) in [7, 11) is -3.56. The van der Waals surface area contributed by atoms with E-state index in [1.165, 1.54) is 0 Å². The maximum absolute atomic E-state index is 13.4. The monoisotopic (exact) mass is 410 g/mol. The number of nitrogens with zero attached hydrogens (tertiary/aromatic N) is 3. The molecule has 2 N–H and O–H groups in total. The molecule has 0 aliphatic carbocycles. The Morgan fingerprint density at radius 3 is 2.83 bits per heavy atom. The Morgan fingerprint density at radius 2 is 2.10 bits per heavy atom. The number of benzene rings is 1. The van der Waals surface area contributed by atoms with Crippen LogP contribution < -0.4 is 5.14 Å². The largest absolute Gasteiger partial charge is 0.338 e. The summed E-state index contributed by atoms with van der Waals surface area (Å²) < 4.78 is 22.8. The van der Waals surface area contributed by atoms with Crippen molar-refractivity contribution < 1.29 is 13.2 Å². The molecule has 1 aliphatic heterocycles. The van der Waals surface area contributed by atoms with Crippen LogP contribution in [0.15, 0.2) is 48.8 Å². The Bertz CT molecular complexity index is 1180. The van der Waals surface area contributed by atoms with Crippen molar-refractivity contribution in [1.82, 2.24) is 14.9 Å². The van der Waals surface area contributed by atoms with Crippen molar-refractivity contribution in [3.63, 3.8) is 0 Å². The van der Waals surface area contributed by atoms with Gasteiger partial charge in [-0.05, 0) is 49.6 Å². The quantitative estimate of drug-likeness (QED) is 0.711. The first-order chi connectivity index (χ1) is 13.8. The maximum atomic E-state index is 13.4. The number of rotatable bonds is 4. The second kappa shape index (κ2) is 7.53. The molecule has 1 aliphatic rings. The van der Waals surface area contributed by atoms with E-state index in [1.807, 2.05) is 37.3 Å². The van der Waals surface area contributed by atoms with Gasteiger partial charge in [-0.1, -0.05) is 11.6 Å². The molecule has 3 heterocycles. The van der Waals surface area contributed by atoms with Crippen LogP contribution in [0.2, 0.25) is 0 Å². The van der Waals surface area contributed by atoms with Crippen LogP contribution in [0.5, 0.6) is 0 Å². The molecule has 1 fully saturated rings. The highest BCUT2D eigenvalue weighted by Gasteiger charge is 2.30. The number of carbonyl (C=O) groups is 1. The summed E-state index contributed by atoms with van der Waals surface area (Å²) >= 11 is 0. The van der Waals surface area contributed by atoms with Crippen LogP contribution in [0.3, 0.4) is 0 Å². The Labute approximate surface area is 169 Å². The number of amides is 1. The first kappa shape index (κ1) is 19.5. The molecule has 1 amide bonds. The Hall–Kier alpha value is -2.84. The first-order valence-corrected chi connectivity index (χ1v) is 11.1. The highest BCUT2D eigenvalue weighted by Crippen LogP contribution is 2.28. The van der Waals surface area contributed by atoms with Gasteiger partial charge in [-0.3, -0.25) is 9.78 Å². The summed E-state index contributed by atoms with van der Waals surface area (Å²) in [6.07, 6.45) is 4.03. The lowest BCUT2D eigenvalue weighted by molar-refractivity contribution is 0.0790. The van der Waals surface area contributed by atoms with Crippen LogP contribution in [0.4, 0.5) is 0 Å². The lowest BCUT2D eigenvalue weighted by Crippen LogP contribution is -2.31. The number of carbonyl (C=O) groups excluding carboxylic acids is 1. The molecule has 7 nitrogen and oxygen atoms in total. The van der Waals surface area contributed by atoms with Gasteiger partial charge in [0.25, 0.3) is 5.91 Å². The number of aryl methyl sites for hydroxylation is 1. The number of hydrogen-bond donors (Lipinski definition) is 1. The van der Waals surface area contributed by atoms with Gasteiger partial charge in [0.2, 0.25) is 10.0 Å². The topological polar surface area (TPSA) is 106 Å². The zero-order valence-electron chi connectivity index (χ0n) is 16.1. The standard InChI is InChI=1S/C21H22N4O3S/c1-14-4-5-19-17(9-14)18(10-20(24-19)16-3-2-7-23-11-16)21(26)25-8-6-15(12-25)13-29(22,27)28/h2-5,7,9-11,15H,6,8,12-13H2,1H3,(H2,22,27,28)/t15-/m1/s1. The molecule has 0 saturated carbocycles. The van der Waals surface area contributed by atoms with E-state index in [4.69, 9.17) is 10.1 Å². The molecule has 0 bridgehead atoms. The van der Waals surface area contributed by atoms with Crippen molar-refractivity contribution in [3.05, 3.63) is 59.9 Å². The van der Waals surface area contributed by atoms with Crippen LogP contribution in [0.1, 0.15) is 22.3 Å². The minimum absolute atomic E-state index is 0.103. The average molecular weight is 410 g/mol. The van der Waals surface area contributed by atoms with E-state index in [1.54, 1.807) is 23.4 Å². The van der Waals surface area contributed by atoms with E-state index < -0.39 is 10.0 Å². The van der Waals surface area contributed by atoms with Crippen LogP contribution in [0, 0.1) is 12.8 Å². The molecule has 29 heavy (non-hydrogen) atoms. The first-order valence-electron chi connectivity index (χ1n) is 9.42. The van der Waals surface area contributed by atoms with E-state index in [2.05, 4.69) is 4.98 Å². The fourth-order valence-corrected chi connectivity index (χ4v) is 4.76. The minimum Gasteiger partial charge on any atom is -0.338 e. The number of fused-ring (bicyclic) bond motifs is 1. The van der Waals surface area contributed by atoms with Gasteiger partial charge in [0.05, 0.1) is 22.5 Å². The molecule has 150 valence electrons. The number of aromatic nitrogens is 2. The van der Waals surface area contributed by atoms with Crippen LogP contribution in [-0.4, -0.2) is 48.0 Å². The molecule has 1 saturated heterocycles. The Kier molecular flexibility index (Phi) is 5.06. The van der Waals surface area contributed by atoms with Crippen molar-refractivity contribution >= 4 is 26.8 Å². The van der Waals surface area contributed by atoms with Gasteiger partial charge in [-0.25, -0.2) is 18.5 Å². The third-order valence-corrected chi connectivity index (χ3v) is 6.13. The molecule has 0 spiro atoms. The summed E-state index contributed by atoms with van der Waals surface area (Å²) in [4.78, 5) is 23.9. The SMILES string of the molecule is Cc1ccc2nc(-c3cccnc3)cc(C(=O)N3CC[C@@H](CS(N)(=O)=O)C3)c2c1. The highest BCUT2D eigenvalue weighted by molar-refractivity contribution is 7.89. The zero-order valence-corrected chi connectivity index (χ0v) is 16.9. The molecule has 0 radical (unpaired) electrons. The van der Waals surface area contributed by atoms with Gasteiger partial charge >= 0.3 is 0 Å². The number of hydrogen-bond acceptors (Lipinski definition) is 5. The second-order valence-corrected chi connectivity index (χ2v) is 9.21. The highest BCUT2D eigenvalue weighted by atomic mass is 32.2. The molecular weight excluding hydrogens is 388 g/mol.